The number of para-hydroxylation sites is 1. The van der Waals surface area contributed by atoms with Gasteiger partial charge < -0.3 is 10.1 Å². The summed E-state index contributed by atoms with van der Waals surface area (Å²) in [5.74, 6) is 0.686. The van der Waals surface area contributed by atoms with E-state index < -0.39 is 10.0 Å². The lowest BCUT2D eigenvalue weighted by molar-refractivity contribution is 0.414. The summed E-state index contributed by atoms with van der Waals surface area (Å²) in [5, 5.41) is 2.88. The molecule has 0 aromatic heterocycles. The Morgan fingerprint density at radius 1 is 1.05 bits per heavy atom. The standard InChI is InChI=1S/C15H18N2O3S/c1-11-10-12(20-3)8-9-13(11)17-21(18,19)15-7-5-4-6-14(15)16-2/h4-10,16-17H,1-3H3. The van der Waals surface area contributed by atoms with Crippen molar-refractivity contribution in [3.63, 3.8) is 0 Å². The van der Waals surface area contributed by atoms with E-state index >= 15 is 0 Å². The zero-order valence-corrected chi connectivity index (χ0v) is 13.0. The van der Waals surface area contributed by atoms with Gasteiger partial charge in [0.05, 0.1) is 18.5 Å². The number of ether oxygens (including phenoxy) is 1. The van der Waals surface area contributed by atoms with Gasteiger partial charge >= 0.3 is 0 Å². The predicted molar refractivity (Wildman–Crippen MR) is 84.5 cm³/mol. The van der Waals surface area contributed by atoms with Gasteiger partial charge in [-0.1, -0.05) is 12.1 Å². The van der Waals surface area contributed by atoms with Crippen molar-refractivity contribution in [3.05, 3.63) is 48.0 Å². The van der Waals surface area contributed by atoms with Gasteiger partial charge in [-0.05, 0) is 42.8 Å². The summed E-state index contributed by atoms with van der Waals surface area (Å²) in [6.45, 7) is 1.82. The third-order valence-corrected chi connectivity index (χ3v) is 4.55. The summed E-state index contributed by atoms with van der Waals surface area (Å²) >= 11 is 0. The van der Waals surface area contributed by atoms with E-state index in [1.165, 1.54) is 0 Å². The SMILES string of the molecule is CNc1ccccc1S(=O)(=O)Nc1ccc(OC)cc1C. The van der Waals surface area contributed by atoms with Crippen LogP contribution in [0.15, 0.2) is 47.4 Å². The van der Waals surface area contributed by atoms with Crippen molar-refractivity contribution in [1.29, 1.82) is 0 Å². The molecule has 0 fully saturated rings. The molecule has 0 aliphatic carbocycles. The molecule has 0 spiro atoms. The summed E-state index contributed by atoms with van der Waals surface area (Å²) in [6.07, 6.45) is 0. The van der Waals surface area contributed by atoms with E-state index in [1.54, 1.807) is 56.6 Å². The maximum absolute atomic E-state index is 12.5. The van der Waals surface area contributed by atoms with E-state index in [0.29, 0.717) is 17.1 Å². The van der Waals surface area contributed by atoms with E-state index in [-0.39, 0.29) is 4.90 Å². The topological polar surface area (TPSA) is 67.4 Å². The normalized spacial score (nSPS) is 11.0. The van der Waals surface area contributed by atoms with Crippen molar-refractivity contribution in [2.24, 2.45) is 0 Å². The average Bonchev–Trinajstić information content (AvgIpc) is 2.49. The van der Waals surface area contributed by atoms with Crippen LogP contribution < -0.4 is 14.8 Å². The van der Waals surface area contributed by atoms with E-state index in [2.05, 4.69) is 10.0 Å². The van der Waals surface area contributed by atoms with Gasteiger partial charge in [-0.15, -0.1) is 0 Å². The molecule has 0 radical (unpaired) electrons. The Morgan fingerprint density at radius 3 is 2.38 bits per heavy atom. The van der Waals surface area contributed by atoms with Crippen LogP contribution in [0.5, 0.6) is 5.75 Å². The zero-order chi connectivity index (χ0) is 15.5. The molecule has 112 valence electrons. The Hall–Kier alpha value is -2.21. The van der Waals surface area contributed by atoms with Gasteiger partial charge in [-0.3, -0.25) is 4.72 Å². The molecule has 6 heteroatoms. The fraction of sp³-hybridized carbons (Fsp3) is 0.200. The lowest BCUT2D eigenvalue weighted by Gasteiger charge is -2.14. The van der Waals surface area contributed by atoms with Gasteiger partial charge in [0.1, 0.15) is 10.6 Å². The summed E-state index contributed by atoms with van der Waals surface area (Å²) in [7, 11) is -0.393. The number of aryl methyl sites for hydroxylation is 1. The average molecular weight is 306 g/mol. The van der Waals surface area contributed by atoms with Crippen molar-refractivity contribution < 1.29 is 13.2 Å². The van der Waals surface area contributed by atoms with Crippen molar-refractivity contribution in [1.82, 2.24) is 0 Å². The van der Waals surface area contributed by atoms with Crippen LogP contribution in [0, 0.1) is 6.92 Å². The molecular weight excluding hydrogens is 288 g/mol. The molecule has 0 atom stereocenters. The van der Waals surface area contributed by atoms with Crippen LogP contribution in [0.1, 0.15) is 5.56 Å². The molecule has 2 aromatic carbocycles. The number of methoxy groups -OCH3 is 1. The number of nitrogens with one attached hydrogen (secondary N) is 2. The van der Waals surface area contributed by atoms with Gasteiger partial charge in [0.15, 0.2) is 0 Å². The monoisotopic (exact) mass is 306 g/mol. The second-order valence-corrected chi connectivity index (χ2v) is 6.18. The highest BCUT2D eigenvalue weighted by Gasteiger charge is 2.18. The highest BCUT2D eigenvalue weighted by Crippen LogP contribution is 2.26. The Morgan fingerprint density at radius 2 is 1.76 bits per heavy atom. The van der Waals surface area contributed by atoms with E-state index in [1.807, 2.05) is 6.92 Å². The molecule has 2 aromatic rings. The van der Waals surface area contributed by atoms with Gasteiger partial charge in [-0.2, -0.15) is 0 Å². The maximum atomic E-state index is 12.5. The number of rotatable bonds is 5. The first-order valence-electron chi connectivity index (χ1n) is 6.42. The minimum atomic E-state index is -3.65. The van der Waals surface area contributed by atoms with E-state index in [9.17, 15) is 8.42 Å². The van der Waals surface area contributed by atoms with Gasteiger partial charge in [-0.25, -0.2) is 8.42 Å². The maximum Gasteiger partial charge on any atom is 0.263 e. The van der Waals surface area contributed by atoms with Crippen molar-refractivity contribution in [2.45, 2.75) is 11.8 Å². The summed E-state index contributed by atoms with van der Waals surface area (Å²) in [4.78, 5) is 0.211. The minimum Gasteiger partial charge on any atom is -0.497 e. The van der Waals surface area contributed by atoms with Crippen LogP contribution in [0.4, 0.5) is 11.4 Å². The lowest BCUT2D eigenvalue weighted by atomic mass is 10.2. The first-order chi connectivity index (χ1) is 9.97. The zero-order valence-electron chi connectivity index (χ0n) is 12.2. The third-order valence-electron chi connectivity index (χ3n) is 3.12. The lowest BCUT2D eigenvalue weighted by Crippen LogP contribution is -2.15. The van der Waals surface area contributed by atoms with Crippen LogP contribution in [0.3, 0.4) is 0 Å². The van der Waals surface area contributed by atoms with Gasteiger partial charge in [0.25, 0.3) is 10.0 Å². The summed E-state index contributed by atoms with van der Waals surface area (Å²) < 4.78 is 32.7. The largest absolute Gasteiger partial charge is 0.497 e. The fourth-order valence-corrected chi connectivity index (χ4v) is 3.33. The molecule has 0 unspecified atom stereocenters. The molecule has 0 bridgehead atoms. The Balaban J connectivity index is 2.38. The van der Waals surface area contributed by atoms with Crippen LogP contribution in [0.2, 0.25) is 0 Å². The molecule has 0 aliphatic rings. The predicted octanol–water partition coefficient (Wildman–Crippen LogP) is 2.85. The Labute approximate surface area is 125 Å². The van der Waals surface area contributed by atoms with Crippen molar-refractivity contribution >= 4 is 21.4 Å². The molecule has 0 saturated heterocycles. The van der Waals surface area contributed by atoms with Crippen LogP contribution >= 0.6 is 0 Å². The second kappa shape index (κ2) is 6.05. The fourth-order valence-electron chi connectivity index (χ4n) is 1.98. The molecule has 0 aliphatic heterocycles. The highest BCUT2D eigenvalue weighted by molar-refractivity contribution is 7.92. The number of hydrogen-bond acceptors (Lipinski definition) is 4. The molecule has 5 nitrogen and oxygen atoms in total. The van der Waals surface area contributed by atoms with Crippen molar-refractivity contribution in [3.8, 4) is 5.75 Å². The van der Waals surface area contributed by atoms with Crippen LogP contribution in [0.25, 0.3) is 0 Å². The van der Waals surface area contributed by atoms with Crippen LogP contribution in [-0.4, -0.2) is 22.6 Å². The number of anilines is 2. The Bertz CT molecular complexity index is 742. The van der Waals surface area contributed by atoms with Gasteiger partial charge in [0, 0.05) is 7.05 Å². The number of benzene rings is 2. The number of sulfonamides is 1. The smallest absolute Gasteiger partial charge is 0.263 e. The molecule has 2 N–H and O–H groups in total. The first-order valence-corrected chi connectivity index (χ1v) is 7.90. The molecular formula is C15H18N2O3S. The summed E-state index contributed by atoms with van der Waals surface area (Å²) in [6, 6.07) is 11.9. The molecule has 0 amide bonds. The Kier molecular flexibility index (Phi) is 4.37. The quantitative estimate of drug-likeness (QED) is 0.891. The minimum absolute atomic E-state index is 0.211. The van der Waals surface area contributed by atoms with E-state index in [0.717, 1.165) is 5.56 Å². The van der Waals surface area contributed by atoms with E-state index in [4.69, 9.17) is 4.74 Å². The molecule has 0 heterocycles. The second-order valence-electron chi connectivity index (χ2n) is 4.53. The number of hydrogen-bond donors (Lipinski definition) is 2. The first kappa shape index (κ1) is 15.2. The molecule has 21 heavy (non-hydrogen) atoms. The van der Waals surface area contributed by atoms with Gasteiger partial charge in [0.2, 0.25) is 0 Å². The molecule has 0 saturated carbocycles. The molecule has 2 rings (SSSR count). The van der Waals surface area contributed by atoms with Crippen LogP contribution in [-0.2, 0) is 10.0 Å². The third kappa shape index (κ3) is 3.28. The summed E-state index contributed by atoms with van der Waals surface area (Å²) in [5.41, 5.74) is 1.87. The van der Waals surface area contributed by atoms with Crippen molar-refractivity contribution in [2.75, 3.05) is 24.2 Å². The highest BCUT2D eigenvalue weighted by atomic mass is 32.2.